The number of nitrogen functional groups attached to an aromatic ring is 1. The van der Waals surface area contributed by atoms with Crippen LogP contribution < -0.4 is 10.5 Å². The lowest BCUT2D eigenvalue weighted by Crippen LogP contribution is -2.28. The van der Waals surface area contributed by atoms with Crippen LogP contribution in [-0.2, 0) is 10.0 Å². The quantitative estimate of drug-likeness (QED) is 0.695. The van der Waals surface area contributed by atoms with Crippen LogP contribution in [0.1, 0.15) is 24.4 Å². The van der Waals surface area contributed by atoms with E-state index >= 15 is 0 Å². The zero-order valence-corrected chi connectivity index (χ0v) is 11.6. The normalized spacial score (nSPS) is 13.3. The van der Waals surface area contributed by atoms with Crippen molar-refractivity contribution in [3.8, 4) is 0 Å². The Hall–Kier alpha value is -2.07. The van der Waals surface area contributed by atoms with Crippen molar-refractivity contribution < 1.29 is 12.8 Å². The fourth-order valence-electron chi connectivity index (χ4n) is 1.58. The van der Waals surface area contributed by atoms with E-state index in [1.165, 1.54) is 6.92 Å². The van der Waals surface area contributed by atoms with Gasteiger partial charge in [-0.25, -0.2) is 17.5 Å². The van der Waals surface area contributed by atoms with E-state index in [0.717, 1.165) is 12.1 Å². The summed E-state index contributed by atoms with van der Waals surface area (Å²) in [7, 11) is -4.08. The minimum absolute atomic E-state index is 0.147. The highest BCUT2D eigenvalue weighted by Crippen LogP contribution is 2.22. The molecular weight excluding hydrogens is 287 g/mol. The smallest absolute Gasteiger partial charge is 0.244 e. The first-order chi connectivity index (χ1) is 9.31. The molecule has 2 aromatic rings. The minimum atomic E-state index is -4.08. The van der Waals surface area contributed by atoms with Gasteiger partial charge < -0.3 is 5.73 Å². The topological polar surface area (TPSA) is 127 Å². The second-order valence-corrected chi connectivity index (χ2v) is 5.93. The molecule has 4 N–H and O–H groups in total. The van der Waals surface area contributed by atoms with Gasteiger partial charge in [0.05, 0.1) is 6.04 Å². The molecule has 20 heavy (non-hydrogen) atoms. The second kappa shape index (κ2) is 5.13. The van der Waals surface area contributed by atoms with Gasteiger partial charge in [-0.05, 0) is 31.5 Å². The van der Waals surface area contributed by atoms with Gasteiger partial charge in [0.25, 0.3) is 0 Å². The fourth-order valence-corrected chi connectivity index (χ4v) is 2.87. The first-order valence-electron chi connectivity index (χ1n) is 5.62. The fraction of sp³-hybridized carbons (Fsp3) is 0.300. The molecule has 0 aliphatic rings. The van der Waals surface area contributed by atoms with Crippen LogP contribution in [0.25, 0.3) is 0 Å². The molecule has 0 aliphatic heterocycles. The highest BCUT2D eigenvalue weighted by atomic mass is 32.2. The molecule has 1 aromatic heterocycles. The van der Waals surface area contributed by atoms with Gasteiger partial charge >= 0.3 is 0 Å². The van der Waals surface area contributed by atoms with Crippen LogP contribution in [0, 0.1) is 12.7 Å². The Bertz CT molecular complexity index is 716. The number of aromatic nitrogens is 4. The number of benzene rings is 1. The Morgan fingerprint density at radius 3 is 2.75 bits per heavy atom. The third kappa shape index (κ3) is 2.75. The summed E-state index contributed by atoms with van der Waals surface area (Å²) >= 11 is 0. The molecule has 10 heteroatoms. The maximum Gasteiger partial charge on any atom is 0.244 e. The molecule has 0 bridgehead atoms. The van der Waals surface area contributed by atoms with E-state index in [9.17, 15) is 12.8 Å². The number of nitrogens with two attached hydrogens (primary N) is 1. The number of aromatic amines is 1. The van der Waals surface area contributed by atoms with Crippen molar-refractivity contribution in [3.63, 3.8) is 0 Å². The SMILES string of the molecule is Cc1cc(F)c(S(=O)(=O)NC(C)c2nn[nH]n2)cc1N. The Labute approximate surface area is 114 Å². The summed E-state index contributed by atoms with van der Waals surface area (Å²) < 4.78 is 40.3. The van der Waals surface area contributed by atoms with Crippen LogP contribution in [0.4, 0.5) is 10.1 Å². The summed E-state index contributed by atoms with van der Waals surface area (Å²) in [5.74, 6) is -0.724. The summed E-state index contributed by atoms with van der Waals surface area (Å²) in [5, 5.41) is 12.8. The van der Waals surface area contributed by atoms with E-state index in [-0.39, 0.29) is 11.5 Å². The van der Waals surface area contributed by atoms with E-state index in [4.69, 9.17) is 5.73 Å². The number of nitrogens with zero attached hydrogens (tertiary/aromatic N) is 3. The van der Waals surface area contributed by atoms with Crippen molar-refractivity contribution in [3.05, 3.63) is 29.3 Å². The maximum absolute atomic E-state index is 13.8. The van der Waals surface area contributed by atoms with E-state index in [0.29, 0.717) is 5.56 Å². The first kappa shape index (κ1) is 14.3. The Balaban J connectivity index is 2.34. The largest absolute Gasteiger partial charge is 0.398 e. The molecule has 0 radical (unpaired) electrons. The van der Waals surface area contributed by atoms with Crippen molar-refractivity contribution in [2.45, 2.75) is 24.8 Å². The number of aryl methyl sites for hydroxylation is 1. The van der Waals surface area contributed by atoms with Gasteiger partial charge in [0.15, 0.2) is 5.82 Å². The second-order valence-electron chi connectivity index (χ2n) is 4.25. The van der Waals surface area contributed by atoms with Crippen LogP contribution >= 0.6 is 0 Å². The van der Waals surface area contributed by atoms with Crippen LogP contribution in [0.2, 0.25) is 0 Å². The number of hydrogen-bond acceptors (Lipinski definition) is 6. The number of H-pyrrole nitrogens is 1. The molecule has 1 aromatic carbocycles. The molecule has 108 valence electrons. The molecule has 0 saturated heterocycles. The summed E-state index contributed by atoms with van der Waals surface area (Å²) in [5.41, 5.74) is 6.27. The molecule has 1 atom stereocenters. The van der Waals surface area contributed by atoms with E-state index in [2.05, 4.69) is 25.3 Å². The summed E-state index contributed by atoms with van der Waals surface area (Å²) in [6.45, 7) is 3.10. The molecule has 0 saturated carbocycles. The van der Waals surface area contributed by atoms with Crippen molar-refractivity contribution >= 4 is 15.7 Å². The van der Waals surface area contributed by atoms with E-state index < -0.39 is 26.8 Å². The average Bonchev–Trinajstić information content (AvgIpc) is 2.86. The predicted octanol–water partition coefficient (Wildman–Crippen LogP) is 0.269. The first-order valence-corrected chi connectivity index (χ1v) is 7.11. The van der Waals surface area contributed by atoms with E-state index in [1.54, 1.807) is 6.92 Å². The van der Waals surface area contributed by atoms with Gasteiger partial charge in [-0.3, -0.25) is 0 Å². The molecule has 0 fully saturated rings. The molecule has 2 rings (SSSR count). The van der Waals surface area contributed by atoms with Gasteiger partial charge in [-0.15, -0.1) is 10.2 Å². The minimum Gasteiger partial charge on any atom is -0.398 e. The van der Waals surface area contributed by atoms with Crippen molar-refractivity contribution in [2.75, 3.05) is 5.73 Å². The van der Waals surface area contributed by atoms with Crippen LogP contribution in [-0.4, -0.2) is 29.0 Å². The Morgan fingerprint density at radius 2 is 2.15 bits per heavy atom. The van der Waals surface area contributed by atoms with Crippen LogP contribution in [0.15, 0.2) is 17.0 Å². The number of hydrogen-bond donors (Lipinski definition) is 3. The van der Waals surface area contributed by atoms with Crippen LogP contribution in [0.5, 0.6) is 0 Å². The van der Waals surface area contributed by atoms with Crippen molar-refractivity contribution in [1.29, 1.82) is 0 Å². The summed E-state index contributed by atoms with van der Waals surface area (Å²) in [4.78, 5) is -0.518. The molecule has 8 nitrogen and oxygen atoms in total. The zero-order valence-electron chi connectivity index (χ0n) is 10.8. The van der Waals surface area contributed by atoms with E-state index in [1.807, 2.05) is 0 Å². The molecule has 1 heterocycles. The zero-order chi connectivity index (χ0) is 14.9. The highest BCUT2D eigenvalue weighted by Gasteiger charge is 2.24. The molecule has 1 unspecified atom stereocenters. The Kier molecular flexibility index (Phi) is 3.68. The van der Waals surface area contributed by atoms with Crippen molar-refractivity contribution in [1.82, 2.24) is 25.3 Å². The lowest BCUT2D eigenvalue weighted by molar-refractivity contribution is 0.542. The van der Waals surface area contributed by atoms with Gasteiger partial charge in [-0.1, -0.05) is 5.21 Å². The number of anilines is 1. The predicted molar refractivity (Wildman–Crippen MR) is 68.5 cm³/mol. The standard InChI is InChI=1S/C10H13FN6O2S/c1-5-3-7(11)9(4-8(5)12)20(18,19)15-6(2)10-13-16-17-14-10/h3-4,6,15H,12H2,1-2H3,(H,13,14,16,17). The molecule has 0 spiro atoms. The molecular formula is C10H13FN6O2S. The Morgan fingerprint density at radius 1 is 1.45 bits per heavy atom. The highest BCUT2D eigenvalue weighted by molar-refractivity contribution is 7.89. The van der Waals surface area contributed by atoms with Gasteiger partial charge in [0.1, 0.15) is 10.7 Å². The maximum atomic E-state index is 13.8. The lowest BCUT2D eigenvalue weighted by atomic mass is 10.2. The van der Waals surface area contributed by atoms with Gasteiger partial charge in [-0.2, -0.15) is 5.21 Å². The molecule has 0 aliphatic carbocycles. The average molecular weight is 300 g/mol. The van der Waals surface area contributed by atoms with Crippen LogP contribution in [0.3, 0.4) is 0 Å². The molecule has 0 amide bonds. The van der Waals surface area contributed by atoms with Crippen molar-refractivity contribution in [2.24, 2.45) is 0 Å². The summed E-state index contributed by atoms with van der Waals surface area (Å²) in [6.07, 6.45) is 0. The number of halogens is 1. The third-order valence-corrected chi connectivity index (χ3v) is 4.25. The summed E-state index contributed by atoms with van der Waals surface area (Å²) in [6, 6.07) is 1.39. The number of rotatable bonds is 4. The number of tetrazole rings is 1. The monoisotopic (exact) mass is 300 g/mol. The van der Waals surface area contributed by atoms with Gasteiger partial charge in [0.2, 0.25) is 10.0 Å². The van der Waals surface area contributed by atoms with Gasteiger partial charge in [0, 0.05) is 5.69 Å². The third-order valence-electron chi connectivity index (χ3n) is 2.69. The number of nitrogens with one attached hydrogen (secondary N) is 2. The lowest BCUT2D eigenvalue weighted by Gasteiger charge is -2.12. The number of sulfonamides is 1.